The Morgan fingerprint density at radius 3 is 2.44 bits per heavy atom. The number of benzene rings is 2. The van der Waals surface area contributed by atoms with Gasteiger partial charge in [0.05, 0.1) is 5.56 Å². The van der Waals surface area contributed by atoms with E-state index in [1.54, 1.807) is 36.4 Å². The number of amides is 1. The molecule has 0 aliphatic heterocycles. The summed E-state index contributed by atoms with van der Waals surface area (Å²) in [6.45, 7) is 1.85. The van der Waals surface area contributed by atoms with E-state index in [2.05, 4.69) is 10.4 Å². The molecule has 1 N–H and O–H groups in total. The third kappa shape index (κ3) is 3.98. The van der Waals surface area contributed by atoms with Crippen LogP contribution in [0.5, 0.6) is 0 Å². The molecule has 0 saturated carbocycles. The highest BCUT2D eigenvalue weighted by molar-refractivity contribution is 6.30. The van der Waals surface area contributed by atoms with E-state index in [1.807, 2.05) is 13.0 Å². The molecule has 0 aliphatic rings. The molecule has 1 amide bonds. The second kappa shape index (κ2) is 7.08. The van der Waals surface area contributed by atoms with Gasteiger partial charge in [0.1, 0.15) is 0 Å². The number of nitrogens with one attached hydrogen (secondary N) is 1. The van der Waals surface area contributed by atoms with Gasteiger partial charge in [-0.05, 0) is 36.2 Å². The molecule has 2 aromatic carbocycles. The van der Waals surface area contributed by atoms with Crippen LogP contribution >= 0.6 is 11.6 Å². The predicted molar refractivity (Wildman–Crippen MR) is 97.8 cm³/mol. The van der Waals surface area contributed by atoms with Crippen LogP contribution in [0, 0.1) is 6.92 Å². The Morgan fingerprint density at radius 1 is 1.15 bits per heavy atom. The van der Waals surface area contributed by atoms with E-state index in [0.717, 1.165) is 22.0 Å². The second-order valence-electron chi connectivity index (χ2n) is 6.02. The standard InChI is InChI=1S/C19H15ClF3N3O/c1-11-4-3-5-15(16(11)12-6-8-13(20)9-7-12)24-18(27)14-10-26(2)25-17(14)19(21,22)23/h3-10H,1-2H3,(H,24,27). The average Bonchev–Trinajstić information content (AvgIpc) is 2.99. The number of halogens is 4. The maximum atomic E-state index is 13.1. The van der Waals surface area contributed by atoms with Crippen molar-refractivity contribution in [3.8, 4) is 11.1 Å². The van der Waals surface area contributed by atoms with Gasteiger partial charge in [0.25, 0.3) is 5.91 Å². The van der Waals surface area contributed by atoms with Crippen molar-refractivity contribution in [2.45, 2.75) is 13.1 Å². The van der Waals surface area contributed by atoms with Crippen LogP contribution in [0.25, 0.3) is 11.1 Å². The number of anilines is 1. The quantitative estimate of drug-likeness (QED) is 0.654. The fourth-order valence-electron chi connectivity index (χ4n) is 2.83. The van der Waals surface area contributed by atoms with E-state index in [1.165, 1.54) is 7.05 Å². The molecule has 0 atom stereocenters. The normalized spacial score (nSPS) is 11.5. The molecule has 1 aromatic heterocycles. The summed E-state index contributed by atoms with van der Waals surface area (Å²) in [4.78, 5) is 12.6. The van der Waals surface area contributed by atoms with Gasteiger partial charge in [0, 0.05) is 29.5 Å². The minimum atomic E-state index is -4.72. The Hall–Kier alpha value is -2.80. The van der Waals surface area contributed by atoms with Crippen molar-refractivity contribution in [1.82, 2.24) is 9.78 Å². The molecule has 0 fully saturated rings. The zero-order valence-corrected chi connectivity index (χ0v) is 15.2. The number of hydrogen-bond donors (Lipinski definition) is 1. The lowest BCUT2D eigenvalue weighted by Crippen LogP contribution is -2.18. The zero-order chi connectivity index (χ0) is 19.8. The number of hydrogen-bond acceptors (Lipinski definition) is 2. The van der Waals surface area contributed by atoms with Crippen LogP contribution in [0.1, 0.15) is 21.6 Å². The second-order valence-corrected chi connectivity index (χ2v) is 6.46. The summed E-state index contributed by atoms with van der Waals surface area (Å²) in [6.07, 6.45) is -3.67. The van der Waals surface area contributed by atoms with Gasteiger partial charge < -0.3 is 5.32 Å². The van der Waals surface area contributed by atoms with Gasteiger partial charge in [0.2, 0.25) is 0 Å². The van der Waals surface area contributed by atoms with Gasteiger partial charge in [-0.3, -0.25) is 9.48 Å². The number of carbonyl (C=O) groups excluding carboxylic acids is 1. The molecule has 3 rings (SSSR count). The minimum absolute atomic E-state index is 0.402. The Kier molecular flexibility index (Phi) is 4.97. The van der Waals surface area contributed by atoms with Crippen molar-refractivity contribution in [1.29, 1.82) is 0 Å². The maximum Gasteiger partial charge on any atom is 0.435 e. The third-order valence-electron chi connectivity index (χ3n) is 4.00. The van der Waals surface area contributed by atoms with Crippen LogP contribution in [0.3, 0.4) is 0 Å². The van der Waals surface area contributed by atoms with E-state index >= 15 is 0 Å². The first-order valence-electron chi connectivity index (χ1n) is 7.94. The summed E-state index contributed by atoms with van der Waals surface area (Å²) in [6, 6.07) is 12.2. The molecule has 0 spiro atoms. The Labute approximate surface area is 158 Å². The van der Waals surface area contributed by atoms with Gasteiger partial charge >= 0.3 is 6.18 Å². The Bertz CT molecular complexity index is 994. The van der Waals surface area contributed by atoms with E-state index in [-0.39, 0.29) is 0 Å². The summed E-state index contributed by atoms with van der Waals surface area (Å²) in [5, 5.41) is 6.51. The molecule has 0 radical (unpaired) electrons. The molecule has 4 nitrogen and oxygen atoms in total. The molecule has 8 heteroatoms. The molecule has 0 bridgehead atoms. The lowest BCUT2D eigenvalue weighted by Gasteiger charge is -2.14. The lowest BCUT2D eigenvalue weighted by atomic mass is 9.98. The molecule has 140 valence electrons. The highest BCUT2D eigenvalue weighted by Gasteiger charge is 2.39. The molecule has 3 aromatic rings. The number of nitrogens with zero attached hydrogens (tertiary/aromatic N) is 2. The van der Waals surface area contributed by atoms with Crippen LogP contribution in [-0.2, 0) is 13.2 Å². The monoisotopic (exact) mass is 393 g/mol. The van der Waals surface area contributed by atoms with Crippen molar-refractivity contribution in [2.75, 3.05) is 5.32 Å². The van der Waals surface area contributed by atoms with Crippen molar-refractivity contribution < 1.29 is 18.0 Å². The zero-order valence-electron chi connectivity index (χ0n) is 14.4. The topological polar surface area (TPSA) is 46.9 Å². The molecule has 0 saturated heterocycles. The van der Waals surface area contributed by atoms with Crippen molar-refractivity contribution in [2.24, 2.45) is 7.05 Å². The lowest BCUT2D eigenvalue weighted by molar-refractivity contribution is -0.141. The first-order chi connectivity index (χ1) is 12.7. The first kappa shape index (κ1) is 19.0. The number of rotatable bonds is 3. The summed E-state index contributed by atoms with van der Waals surface area (Å²) in [7, 11) is 1.33. The molecular weight excluding hydrogens is 379 g/mol. The van der Waals surface area contributed by atoms with Crippen LogP contribution in [0.4, 0.5) is 18.9 Å². The first-order valence-corrected chi connectivity index (χ1v) is 8.32. The highest BCUT2D eigenvalue weighted by Crippen LogP contribution is 2.34. The fraction of sp³-hybridized carbons (Fsp3) is 0.158. The molecule has 27 heavy (non-hydrogen) atoms. The Morgan fingerprint density at radius 2 is 1.81 bits per heavy atom. The SMILES string of the molecule is Cc1cccc(NC(=O)c2cn(C)nc2C(F)(F)F)c1-c1ccc(Cl)cc1. The Balaban J connectivity index is 2.01. The number of carbonyl (C=O) groups is 1. The van der Waals surface area contributed by atoms with Gasteiger partial charge in [-0.25, -0.2) is 0 Å². The molecular formula is C19H15ClF3N3O. The fourth-order valence-corrected chi connectivity index (χ4v) is 2.95. The minimum Gasteiger partial charge on any atom is -0.321 e. The summed E-state index contributed by atoms with van der Waals surface area (Å²) in [5.41, 5.74) is 1.00. The maximum absolute atomic E-state index is 13.1. The summed E-state index contributed by atoms with van der Waals surface area (Å²) >= 11 is 5.92. The number of aryl methyl sites for hydroxylation is 2. The van der Waals surface area contributed by atoms with Gasteiger partial charge in [-0.15, -0.1) is 0 Å². The average molecular weight is 394 g/mol. The van der Waals surface area contributed by atoms with E-state index in [9.17, 15) is 18.0 Å². The van der Waals surface area contributed by atoms with Crippen LogP contribution in [-0.4, -0.2) is 15.7 Å². The van der Waals surface area contributed by atoms with Gasteiger partial charge in [0.15, 0.2) is 5.69 Å². The van der Waals surface area contributed by atoms with Crippen LogP contribution < -0.4 is 5.32 Å². The van der Waals surface area contributed by atoms with Crippen molar-refractivity contribution in [3.63, 3.8) is 0 Å². The molecule has 1 heterocycles. The van der Waals surface area contributed by atoms with E-state index in [0.29, 0.717) is 16.3 Å². The summed E-state index contributed by atoms with van der Waals surface area (Å²) < 4.78 is 40.4. The van der Waals surface area contributed by atoms with Gasteiger partial charge in [-0.2, -0.15) is 18.3 Å². The van der Waals surface area contributed by atoms with Crippen LogP contribution in [0.2, 0.25) is 5.02 Å². The number of aromatic nitrogens is 2. The number of alkyl halides is 3. The smallest absolute Gasteiger partial charge is 0.321 e. The molecule has 0 unspecified atom stereocenters. The third-order valence-corrected chi connectivity index (χ3v) is 4.25. The van der Waals surface area contributed by atoms with Crippen molar-refractivity contribution in [3.05, 3.63) is 70.5 Å². The molecule has 0 aliphatic carbocycles. The van der Waals surface area contributed by atoms with E-state index in [4.69, 9.17) is 11.6 Å². The highest BCUT2D eigenvalue weighted by atomic mass is 35.5. The largest absolute Gasteiger partial charge is 0.435 e. The van der Waals surface area contributed by atoms with Gasteiger partial charge in [-0.1, -0.05) is 35.9 Å². The predicted octanol–water partition coefficient (Wildman–Crippen LogP) is 5.32. The van der Waals surface area contributed by atoms with E-state index < -0.39 is 23.3 Å². The van der Waals surface area contributed by atoms with Crippen molar-refractivity contribution >= 4 is 23.2 Å². The van der Waals surface area contributed by atoms with Crippen LogP contribution in [0.15, 0.2) is 48.7 Å². The summed E-state index contributed by atoms with van der Waals surface area (Å²) in [5.74, 6) is -0.878.